The van der Waals surface area contributed by atoms with Crippen LogP contribution in [0.1, 0.15) is 10.4 Å². The van der Waals surface area contributed by atoms with Gasteiger partial charge in [0.15, 0.2) is 0 Å². The number of ether oxygens (including phenoxy) is 3. The lowest BCUT2D eigenvalue weighted by Gasteiger charge is -2.14. The summed E-state index contributed by atoms with van der Waals surface area (Å²) in [6.45, 7) is 0. The zero-order chi connectivity index (χ0) is 18.0. The van der Waals surface area contributed by atoms with Crippen molar-refractivity contribution in [2.75, 3.05) is 21.3 Å². The highest BCUT2D eigenvalue weighted by atomic mass is 16.5. The van der Waals surface area contributed by atoms with Gasteiger partial charge in [0, 0.05) is 6.07 Å². The van der Waals surface area contributed by atoms with Crippen molar-refractivity contribution in [1.82, 2.24) is 9.97 Å². The van der Waals surface area contributed by atoms with E-state index in [2.05, 4.69) is 9.97 Å². The molecule has 0 fully saturated rings. The first-order chi connectivity index (χ1) is 12.1. The topological polar surface area (TPSA) is 90.5 Å². The Balaban J connectivity index is 2.36. The van der Waals surface area contributed by atoms with Crippen molar-refractivity contribution in [1.29, 1.82) is 0 Å². The molecule has 0 radical (unpaired) electrons. The van der Waals surface area contributed by atoms with Gasteiger partial charge in [-0.05, 0) is 18.2 Å². The van der Waals surface area contributed by atoms with E-state index in [-0.39, 0.29) is 16.9 Å². The summed E-state index contributed by atoms with van der Waals surface area (Å²) in [5.41, 5.74) is 0.708. The van der Waals surface area contributed by atoms with Crippen LogP contribution in [-0.4, -0.2) is 37.3 Å². The normalized spacial score (nSPS) is 10.5. The zero-order valence-corrected chi connectivity index (χ0v) is 14.0. The van der Waals surface area contributed by atoms with E-state index in [0.29, 0.717) is 28.0 Å². The Bertz CT molecular complexity index is 1010. The van der Waals surface area contributed by atoms with E-state index in [1.54, 1.807) is 30.3 Å². The van der Waals surface area contributed by atoms with E-state index in [1.807, 2.05) is 0 Å². The molecule has 128 valence electrons. The Morgan fingerprint density at radius 3 is 2.52 bits per heavy atom. The molecule has 0 bridgehead atoms. The molecule has 25 heavy (non-hydrogen) atoms. The third kappa shape index (κ3) is 2.91. The van der Waals surface area contributed by atoms with Gasteiger partial charge in [-0.1, -0.05) is 12.1 Å². The first kappa shape index (κ1) is 16.5. The first-order valence-electron chi connectivity index (χ1n) is 7.42. The van der Waals surface area contributed by atoms with Crippen LogP contribution in [0.3, 0.4) is 0 Å². The lowest BCUT2D eigenvalue weighted by Crippen LogP contribution is -2.13. The molecule has 0 aliphatic heterocycles. The molecule has 1 heterocycles. The first-order valence-corrected chi connectivity index (χ1v) is 7.42. The highest BCUT2D eigenvalue weighted by Crippen LogP contribution is 2.35. The fourth-order valence-electron chi connectivity index (χ4n) is 2.59. The number of aromatic nitrogens is 2. The molecule has 0 saturated carbocycles. The molecule has 7 nitrogen and oxygen atoms in total. The molecule has 3 aromatic rings. The van der Waals surface area contributed by atoms with Crippen LogP contribution in [0.2, 0.25) is 0 Å². The third-order valence-electron chi connectivity index (χ3n) is 3.79. The Labute approximate surface area is 143 Å². The van der Waals surface area contributed by atoms with Crippen LogP contribution >= 0.6 is 0 Å². The average molecular weight is 340 g/mol. The van der Waals surface area contributed by atoms with Crippen molar-refractivity contribution in [2.24, 2.45) is 0 Å². The minimum atomic E-state index is -0.594. The smallest absolute Gasteiger partial charge is 0.338 e. The Hall–Kier alpha value is -3.35. The van der Waals surface area contributed by atoms with Crippen LogP contribution in [0.5, 0.6) is 11.5 Å². The van der Waals surface area contributed by atoms with Gasteiger partial charge in [-0.25, -0.2) is 9.78 Å². The molecule has 1 aromatic heterocycles. The Morgan fingerprint density at radius 1 is 1.08 bits per heavy atom. The number of nitrogens with one attached hydrogen (secondary N) is 1. The summed E-state index contributed by atoms with van der Waals surface area (Å²) in [4.78, 5) is 31.8. The number of para-hydroxylation sites is 1. The molecule has 0 unspecified atom stereocenters. The van der Waals surface area contributed by atoms with Gasteiger partial charge >= 0.3 is 5.97 Å². The number of aromatic amines is 1. The largest absolute Gasteiger partial charge is 0.497 e. The van der Waals surface area contributed by atoms with Gasteiger partial charge in [-0.15, -0.1) is 0 Å². The monoisotopic (exact) mass is 340 g/mol. The summed E-state index contributed by atoms with van der Waals surface area (Å²) >= 11 is 0. The quantitative estimate of drug-likeness (QED) is 0.734. The van der Waals surface area contributed by atoms with Gasteiger partial charge in [0.2, 0.25) is 0 Å². The van der Waals surface area contributed by atoms with Crippen molar-refractivity contribution >= 4 is 16.9 Å². The van der Waals surface area contributed by atoms with Gasteiger partial charge in [0.05, 0.1) is 43.4 Å². The number of nitrogens with zero attached hydrogens (tertiary/aromatic N) is 1. The summed E-state index contributed by atoms with van der Waals surface area (Å²) in [5, 5.41) is 0.457. The van der Waals surface area contributed by atoms with Crippen molar-refractivity contribution in [2.45, 2.75) is 0 Å². The zero-order valence-electron chi connectivity index (χ0n) is 14.0. The van der Waals surface area contributed by atoms with Gasteiger partial charge in [-0.2, -0.15) is 0 Å². The maximum Gasteiger partial charge on any atom is 0.338 e. The number of esters is 1. The minimum Gasteiger partial charge on any atom is -0.497 e. The van der Waals surface area contributed by atoms with E-state index in [0.717, 1.165) is 0 Å². The van der Waals surface area contributed by atoms with Crippen molar-refractivity contribution in [3.8, 4) is 22.9 Å². The fourth-order valence-corrected chi connectivity index (χ4v) is 2.59. The summed E-state index contributed by atoms with van der Waals surface area (Å²) < 4.78 is 15.4. The number of rotatable bonds is 4. The van der Waals surface area contributed by atoms with Crippen LogP contribution < -0.4 is 15.0 Å². The number of fused-ring (bicyclic) bond motifs is 1. The number of H-pyrrole nitrogens is 1. The second-order valence-electron chi connectivity index (χ2n) is 5.18. The van der Waals surface area contributed by atoms with Gasteiger partial charge in [-0.3, -0.25) is 4.79 Å². The number of carbonyl (C=O) groups is 1. The molecule has 1 N–H and O–H groups in total. The standard InChI is InChI=1S/C18H16N2O5/c1-23-10-8-12(18(22)25-3)15(14(9-10)24-2)16-19-13-7-5-4-6-11(13)17(21)20-16/h4-9H,1-3H3,(H,19,20,21). The van der Waals surface area contributed by atoms with E-state index < -0.39 is 5.97 Å². The lowest BCUT2D eigenvalue weighted by molar-refractivity contribution is 0.0600. The molecular formula is C18H16N2O5. The van der Waals surface area contributed by atoms with Crippen LogP contribution in [0, 0.1) is 0 Å². The summed E-state index contributed by atoms with van der Waals surface area (Å²) in [6.07, 6.45) is 0. The summed E-state index contributed by atoms with van der Waals surface area (Å²) in [5.74, 6) is 0.369. The molecule has 0 aliphatic carbocycles. The highest BCUT2D eigenvalue weighted by molar-refractivity contribution is 5.99. The number of methoxy groups -OCH3 is 3. The molecule has 7 heteroatoms. The summed E-state index contributed by atoms with van der Waals surface area (Å²) in [6, 6.07) is 10.1. The number of hydrogen-bond acceptors (Lipinski definition) is 6. The predicted molar refractivity (Wildman–Crippen MR) is 92.2 cm³/mol. The second-order valence-corrected chi connectivity index (χ2v) is 5.18. The predicted octanol–water partition coefficient (Wildman–Crippen LogP) is 2.39. The van der Waals surface area contributed by atoms with Crippen molar-refractivity contribution < 1.29 is 19.0 Å². The van der Waals surface area contributed by atoms with Crippen molar-refractivity contribution in [3.63, 3.8) is 0 Å². The van der Waals surface area contributed by atoms with Crippen molar-refractivity contribution in [3.05, 3.63) is 52.3 Å². The molecule has 0 amide bonds. The number of hydrogen-bond donors (Lipinski definition) is 1. The SMILES string of the molecule is COC(=O)c1cc(OC)cc(OC)c1-c1nc2ccccc2c(=O)[nH]1. The molecule has 0 saturated heterocycles. The van der Waals surface area contributed by atoms with Gasteiger partial charge < -0.3 is 19.2 Å². The van der Waals surface area contributed by atoms with E-state index in [1.165, 1.54) is 27.4 Å². The van der Waals surface area contributed by atoms with E-state index >= 15 is 0 Å². The van der Waals surface area contributed by atoms with Crippen LogP contribution in [0.4, 0.5) is 0 Å². The van der Waals surface area contributed by atoms with E-state index in [9.17, 15) is 9.59 Å². The molecule has 0 atom stereocenters. The Morgan fingerprint density at radius 2 is 1.84 bits per heavy atom. The fraction of sp³-hybridized carbons (Fsp3) is 0.167. The number of carbonyl (C=O) groups excluding carboxylic acids is 1. The molecule has 3 rings (SSSR count). The maximum atomic E-state index is 12.4. The third-order valence-corrected chi connectivity index (χ3v) is 3.79. The van der Waals surface area contributed by atoms with Crippen LogP contribution in [0.15, 0.2) is 41.2 Å². The molecule has 0 aliphatic rings. The van der Waals surface area contributed by atoms with E-state index in [4.69, 9.17) is 14.2 Å². The maximum absolute atomic E-state index is 12.4. The van der Waals surface area contributed by atoms with Gasteiger partial charge in [0.1, 0.15) is 17.3 Å². The molecular weight excluding hydrogens is 324 g/mol. The Kier molecular flexibility index (Phi) is 4.38. The number of benzene rings is 2. The average Bonchev–Trinajstić information content (AvgIpc) is 2.66. The molecule has 2 aromatic carbocycles. The summed E-state index contributed by atoms with van der Waals surface area (Å²) in [7, 11) is 4.21. The highest BCUT2D eigenvalue weighted by Gasteiger charge is 2.22. The van der Waals surface area contributed by atoms with Crippen LogP contribution in [0.25, 0.3) is 22.3 Å². The minimum absolute atomic E-state index is 0.178. The molecule has 0 spiro atoms. The lowest BCUT2D eigenvalue weighted by atomic mass is 10.0. The second kappa shape index (κ2) is 6.64. The van der Waals surface area contributed by atoms with Gasteiger partial charge in [0.25, 0.3) is 5.56 Å². The van der Waals surface area contributed by atoms with Crippen LogP contribution in [-0.2, 0) is 4.74 Å².